The van der Waals surface area contributed by atoms with Crippen molar-refractivity contribution in [2.45, 2.75) is 58.6 Å². The highest BCUT2D eigenvalue weighted by molar-refractivity contribution is 8.26. The average Bonchev–Trinajstić information content (AvgIpc) is 3.55. The number of rotatable bonds is 7. The zero-order valence-electron chi connectivity index (χ0n) is 22.5. The van der Waals surface area contributed by atoms with Crippen LogP contribution in [0.25, 0.3) is 6.08 Å². The van der Waals surface area contributed by atoms with Gasteiger partial charge in [0.1, 0.15) is 21.8 Å². The Labute approximate surface area is 239 Å². The molecule has 0 N–H and O–H groups in total. The summed E-state index contributed by atoms with van der Waals surface area (Å²) in [6.45, 7) is 6.97. The first-order valence-electron chi connectivity index (χ1n) is 13.7. The number of aromatic nitrogens is 1. The number of pyridine rings is 1. The second kappa shape index (κ2) is 12.1. The van der Waals surface area contributed by atoms with Crippen LogP contribution in [0.15, 0.2) is 40.0 Å². The lowest BCUT2D eigenvalue weighted by Crippen LogP contribution is -2.39. The molecule has 39 heavy (non-hydrogen) atoms. The summed E-state index contributed by atoms with van der Waals surface area (Å²) >= 11 is 6.86. The first-order chi connectivity index (χ1) is 18.9. The number of benzene rings is 1. The molecule has 1 unspecified atom stereocenters. The third-order valence-electron chi connectivity index (χ3n) is 8.00. The highest BCUT2D eigenvalue weighted by atomic mass is 32.2. The topological polar surface area (TPSA) is 78.6 Å². The molecule has 3 fully saturated rings. The Hall–Kier alpha value is -2.93. The number of amides is 1. The number of thioether (sulfide) groups is 1. The van der Waals surface area contributed by atoms with Crippen molar-refractivity contribution in [1.82, 2.24) is 9.47 Å². The van der Waals surface area contributed by atoms with Crippen LogP contribution in [-0.2, 0) is 22.5 Å². The molecule has 1 aromatic carbocycles. The molecule has 1 atom stereocenters. The summed E-state index contributed by atoms with van der Waals surface area (Å²) in [5, 5.41) is 9.86. The summed E-state index contributed by atoms with van der Waals surface area (Å²) in [4.78, 5) is 31.2. The van der Waals surface area contributed by atoms with Crippen LogP contribution in [0.5, 0.6) is 0 Å². The second-order valence-electron chi connectivity index (χ2n) is 10.4. The van der Waals surface area contributed by atoms with E-state index >= 15 is 0 Å². The van der Waals surface area contributed by atoms with E-state index in [-0.39, 0.29) is 23.1 Å². The largest absolute Gasteiger partial charge is 0.376 e. The van der Waals surface area contributed by atoms with Crippen LogP contribution < -0.4 is 10.5 Å². The molecule has 2 aromatic rings. The van der Waals surface area contributed by atoms with E-state index < -0.39 is 0 Å². The van der Waals surface area contributed by atoms with Crippen molar-refractivity contribution in [3.05, 3.63) is 67.8 Å². The fraction of sp³-hybridized carbons (Fsp3) is 0.467. The van der Waals surface area contributed by atoms with Crippen molar-refractivity contribution in [1.29, 1.82) is 5.26 Å². The summed E-state index contributed by atoms with van der Waals surface area (Å²) in [5.41, 5.74) is 2.56. The van der Waals surface area contributed by atoms with Gasteiger partial charge in [-0.3, -0.25) is 19.1 Å². The first-order valence-corrected chi connectivity index (χ1v) is 15.0. The average molecular weight is 563 g/mol. The zero-order valence-corrected chi connectivity index (χ0v) is 24.2. The number of thiocarbonyl (C=S) groups is 1. The van der Waals surface area contributed by atoms with Crippen LogP contribution in [0.1, 0.15) is 54.9 Å². The number of nitriles is 1. The minimum Gasteiger partial charge on any atom is -0.376 e. The first kappa shape index (κ1) is 27.6. The second-order valence-corrected chi connectivity index (χ2v) is 12.1. The minimum atomic E-state index is -0.276. The molecule has 1 aromatic heterocycles. The third kappa shape index (κ3) is 5.69. The Bertz CT molecular complexity index is 1380. The molecule has 5 rings (SSSR count). The Morgan fingerprint density at radius 3 is 2.56 bits per heavy atom. The van der Waals surface area contributed by atoms with Gasteiger partial charge in [-0.15, -0.1) is 0 Å². The van der Waals surface area contributed by atoms with Gasteiger partial charge in [0.2, 0.25) is 0 Å². The van der Waals surface area contributed by atoms with Crippen molar-refractivity contribution >= 4 is 46.1 Å². The van der Waals surface area contributed by atoms with Gasteiger partial charge in [0.05, 0.1) is 17.6 Å². The van der Waals surface area contributed by atoms with Crippen molar-refractivity contribution in [2.24, 2.45) is 5.92 Å². The fourth-order valence-corrected chi connectivity index (χ4v) is 7.11. The maximum Gasteiger partial charge on any atom is 0.270 e. The predicted molar refractivity (Wildman–Crippen MR) is 160 cm³/mol. The van der Waals surface area contributed by atoms with Crippen LogP contribution in [-0.4, -0.2) is 52.0 Å². The van der Waals surface area contributed by atoms with Gasteiger partial charge >= 0.3 is 0 Å². The van der Waals surface area contributed by atoms with E-state index in [1.165, 1.54) is 17.3 Å². The lowest BCUT2D eigenvalue weighted by Gasteiger charge is -2.36. The van der Waals surface area contributed by atoms with Gasteiger partial charge < -0.3 is 9.64 Å². The van der Waals surface area contributed by atoms with E-state index in [4.69, 9.17) is 17.0 Å². The number of hydrogen-bond donors (Lipinski definition) is 0. The normalized spacial score (nSPS) is 21.3. The number of carbonyl (C=O) groups is 1. The molecule has 3 aliphatic heterocycles. The van der Waals surface area contributed by atoms with Crippen LogP contribution in [0.4, 0.5) is 5.82 Å². The SMILES string of the molecule is CCn1c(N2CCC(Cc3ccccc3)CC2)c(/C=C2\SC(=S)N(CC3CCCO3)C2=O)c(C)c(C#N)c1=O. The monoisotopic (exact) mass is 562 g/mol. The molecule has 4 heterocycles. The molecule has 3 saturated heterocycles. The van der Waals surface area contributed by atoms with Gasteiger partial charge in [-0.05, 0) is 69.1 Å². The van der Waals surface area contributed by atoms with Crippen LogP contribution >= 0.6 is 24.0 Å². The van der Waals surface area contributed by atoms with Crippen molar-refractivity contribution in [2.75, 3.05) is 31.1 Å². The highest BCUT2D eigenvalue weighted by Crippen LogP contribution is 2.37. The molecule has 0 saturated carbocycles. The van der Waals surface area contributed by atoms with E-state index in [1.54, 1.807) is 9.47 Å². The minimum absolute atomic E-state index is 0.00789. The molecule has 0 bridgehead atoms. The number of piperidine rings is 1. The summed E-state index contributed by atoms with van der Waals surface area (Å²) in [6.07, 6.45) is 6.84. The van der Waals surface area contributed by atoms with Crippen molar-refractivity contribution < 1.29 is 9.53 Å². The lowest BCUT2D eigenvalue weighted by atomic mass is 9.90. The Balaban J connectivity index is 1.47. The lowest BCUT2D eigenvalue weighted by molar-refractivity contribution is -0.123. The smallest absolute Gasteiger partial charge is 0.270 e. The summed E-state index contributed by atoms with van der Waals surface area (Å²) < 4.78 is 7.96. The molecular formula is C30H34N4O3S2. The van der Waals surface area contributed by atoms with Crippen LogP contribution in [0.2, 0.25) is 0 Å². The fourth-order valence-electron chi connectivity index (χ4n) is 5.85. The maximum atomic E-state index is 13.4. The zero-order chi connectivity index (χ0) is 27.5. The summed E-state index contributed by atoms with van der Waals surface area (Å²) in [7, 11) is 0. The number of nitrogens with zero attached hydrogens (tertiary/aromatic N) is 4. The number of anilines is 1. The quantitative estimate of drug-likeness (QED) is 0.351. The molecule has 7 nitrogen and oxygen atoms in total. The summed E-state index contributed by atoms with van der Waals surface area (Å²) in [5.74, 6) is 1.23. The number of ether oxygens (including phenoxy) is 1. The van der Waals surface area contributed by atoms with Gasteiger partial charge in [0.25, 0.3) is 11.5 Å². The van der Waals surface area contributed by atoms with Crippen LogP contribution in [0.3, 0.4) is 0 Å². The van der Waals surface area contributed by atoms with Gasteiger partial charge in [-0.2, -0.15) is 5.26 Å². The Kier molecular flexibility index (Phi) is 8.55. The number of carbonyl (C=O) groups excluding carboxylic acids is 1. The molecule has 3 aliphatic rings. The molecular weight excluding hydrogens is 528 g/mol. The van der Waals surface area contributed by atoms with Crippen LogP contribution in [0, 0.1) is 24.2 Å². The predicted octanol–water partition coefficient (Wildman–Crippen LogP) is 4.89. The van der Waals surface area contributed by atoms with E-state index in [9.17, 15) is 14.9 Å². The van der Waals surface area contributed by atoms with Gasteiger partial charge in [-0.1, -0.05) is 54.3 Å². The van der Waals surface area contributed by atoms with Gasteiger partial charge in [0, 0.05) is 31.8 Å². The van der Waals surface area contributed by atoms with Gasteiger partial charge in [0.15, 0.2) is 0 Å². The summed E-state index contributed by atoms with van der Waals surface area (Å²) in [6, 6.07) is 12.7. The molecule has 0 spiro atoms. The standard InChI is InChI=1S/C30H34N4O3S2/c1-3-33-27(32-13-11-22(12-14-32)16-21-8-5-4-6-9-21)24(20(2)25(18-31)28(33)35)17-26-29(36)34(30(38)39-26)19-23-10-7-15-37-23/h4-6,8-9,17,22-23H,3,7,10-16,19H2,1-2H3/b26-17-. The highest BCUT2D eigenvalue weighted by Gasteiger charge is 2.35. The van der Waals surface area contributed by atoms with Crippen molar-refractivity contribution in [3.8, 4) is 6.07 Å². The third-order valence-corrected chi connectivity index (χ3v) is 9.38. The maximum absolute atomic E-state index is 13.4. The van der Waals surface area contributed by atoms with E-state index in [2.05, 4.69) is 35.2 Å². The van der Waals surface area contributed by atoms with Crippen molar-refractivity contribution in [3.63, 3.8) is 0 Å². The molecule has 9 heteroatoms. The van der Waals surface area contributed by atoms with E-state index in [0.717, 1.165) is 63.2 Å². The Morgan fingerprint density at radius 1 is 1.18 bits per heavy atom. The molecule has 1 amide bonds. The van der Waals surface area contributed by atoms with E-state index in [0.29, 0.717) is 33.8 Å². The Morgan fingerprint density at radius 2 is 1.92 bits per heavy atom. The molecule has 0 radical (unpaired) electrons. The molecule has 0 aliphatic carbocycles. The van der Waals surface area contributed by atoms with Gasteiger partial charge in [-0.25, -0.2) is 0 Å². The number of hydrogen-bond acceptors (Lipinski definition) is 7. The molecule has 204 valence electrons. The van der Waals surface area contributed by atoms with E-state index in [1.807, 2.05) is 26.0 Å².